The average Bonchev–Trinajstić information content (AvgIpc) is 3.14. The van der Waals surface area contributed by atoms with Crippen LogP contribution < -0.4 is 5.32 Å². The number of thiophene rings is 1. The van der Waals surface area contributed by atoms with Crippen LogP contribution in [-0.4, -0.2) is 39.3 Å². The van der Waals surface area contributed by atoms with Gasteiger partial charge in [0.1, 0.15) is 11.6 Å². The van der Waals surface area contributed by atoms with Gasteiger partial charge in [-0.3, -0.25) is 4.90 Å². The summed E-state index contributed by atoms with van der Waals surface area (Å²) in [5.41, 5.74) is 0. The van der Waals surface area contributed by atoms with Crippen molar-refractivity contribution in [1.82, 2.24) is 25.0 Å². The summed E-state index contributed by atoms with van der Waals surface area (Å²) in [7, 11) is 0. The average molecular weight is 382 g/mol. The number of piperidine rings is 1. The van der Waals surface area contributed by atoms with E-state index in [0.29, 0.717) is 5.92 Å². The summed E-state index contributed by atoms with van der Waals surface area (Å²) in [6, 6.07) is 4.37. The van der Waals surface area contributed by atoms with Gasteiger partial charge < -0.3 is 9.88 Å². The number of hydrogen-bond donors (Lipinski definition) is 1. The van der Waals surface area contributed by atoms with Crippen LogP contribution in [0.3, 0.4) is 0 Å². The molecule has 1 fully saturated rings. The third-order valence-corrected chi connectivity index (χ3v) is 6.22. The summed E-state index contributed by atoms with van der Waals surface area (Å²) >= 11 is 5.38. The predicted molar refractivity (Wildman–Crippen MR) is 91.0 cm³/mol. The normalized spacial score (nSPS) is 20.2. The lowest BCUT2D eigenvalue weighted by Gasteiger charge is -2.31. The Morgan fingerprint density at radius 3 is 2.86 bits per heavy atom. The largest absolute Gasteiger partial charge is 0.312 e. The molecule has 0 radical (unpaired) electrons. The van der Waals surface area contributed by atoms with Crippen molar-refractivity contribution >= 4 is 27.3 Å². The molecule has 0 bridgehead atoms. The van der Waals surface area contributed by atoms with Crippen molar-refractivity contribution in [2.24, 2.45) is 0 Å². The number of hydrogen-bond acceptors (Lipinski definition) is 5. The summed E-state index contributed by atoms with van der Waals surface area (Å²) in [6.45, 7) is 6.29. The molecule has 0 aliphatic carbocycles. The Balaban J connectivity index is 1.38. The molecule has 0 aromatic carbocycles. The number of nitrogens with zero attached hydrogens (tertiary/aromatic N) is 4. The van der Waals surface area contributed by atoms with E-state index in [1.807, 2.05) is 11.3 Å². The molecule has 1 saturated heterocycles. The fourth-order valence-corrected chi connectivity index (χ4v) is 4.95. The van der Waals surface area contributed by atoms with Crippen LogP contribution in [0.5, 0.6) is 0 Å². The number of halogens is 1. The van der Waals surface area contributed by atoms with E-state index in [1.54, 1.807) is 0 Å². The topological polar surface area (TPSA) is 46.0 Å². The van der Waals surface area contributed by atoms with Crippen molar-refractivity contribution in [1.29, 1.82) is 0 Å². The lowest BCUT2D eigenvalue weighted by Crippen LogP contribution is -2.34. The molecule has 2 aliphatic heterocycles. The second-order valence-electron chi connectivity index (χ2n) is 6.06. The van der Waals surface area contributed by atoms with Gasteiger partial charge in [0.05, 0.1) is 10.3 Å². The minimum atomic E-state index is 0.575. The van der Waals surface area contributed by atoms with Gasteiger partial charge in [-0.15, -0.1) is 21.5 Å². The highest BCUT2D eigenvalue weighted by Crippen LogP contribution is 2.30. The van der Waals surface area contributed by atoms with Crippen LogP contribution in [0.1, 0.15) is 35.3 Å². The third-order valence-electron chi connectivity index (χ3n) is 4.61. The Kier molecular flexibility index (Phi) is 4.30. The fraction of sp³-hybridized carbons (Fsp3) is 0.600. The van der Waals surface area contributed by atoms with Crippen molar-refractivity contribution in [3.63, 3.8) is 0 Å². The van der Waals surface area contributed by atoms with Crippen LogP contribution in [0, 0.1) is 0 Å². The van der Waals surface area contributed by atoms with E-state index in [2.05, 4.69) is 53.0 Å². The van der Waals surface area contributed by atoms with Crippen LogP contribution in [0.4, 0.5) is 0 Å². The molecule has 22 heavy (non-hydrogen) atoms. The zero-order chi connectivity index (χ0) is 14.9. The second-order valence-corrected chi connectivity index (χ2v) is 8.61. The number of rotatable bonds is 3. The summed E-state index contributed by atoms with van der Waals surface area (Å²) in [5.74, 6) is 2.90. The molecule has 0 saturated carbocycles. The molecule has 5 nitrogen and oxygen atoms in total. The zero-order valence-corrected chi connectivity index (χ0v) is 14.9. The fourth-order valence-electron chi connectivity index (χ4n) is 3.42. The van der Waals surface area contributed by atoms with Gasteiger partial charge >= 0.3 is 0 Å². The van der Waals surface area contributed by atoms with Crippen LogP contribution in [-0.2, 0) is 19.6 Å². The van der Waals surface area contributed by atoms with Gasteiger partial charge in [0.2, 0.25) is 0 Å². The van der Waals surface area contributed by atoms with E-state index >= 15 is 0 Å². The van der Waals surface area contributed by atoms with Gasteiger partial charge in [-0.1, -0.05) is 0 Å². The molecule has 7 heteroatoms. The first kappa shape index (κ1) is 14.8. The van der Waals surface area contributed by atoms with Crippen molar-refractivity contribution in [3.05, 3.63) is 32.4 Å². The van der Waals surface area contributed by atoms with Crippen molar-refractivity contribution in [3.8, 4) is 0 Å². The SMILES string of the molecule is Brc1ccc(CN2CCC(c3nnc4n3CCNC4)CC2)s1. The minimum Gasteiger partial charge on any atom is -0.312 e. The highest BCUT2D eigenvalue weighted by Gasteiger charge is 2.27. The van der Waals surface area contributed by atoms with E-state index in [4.69, 9.17) is 0 Å². The predicted octanol–water partition coefficient (Wildman–Crippen LogP) is 2.58. The Labute approximate surface area is 142 Å². The molecule has 4 rings (SSSR count). The maximum absolute atomic E-state index is 4.48. The molecule has 0 atom stereocenters. The first-order valence-electron chi connectivity index (χ1n) is 7.89. The zero-order valence-electron chi connectivity index (χ0n) is 12.5. The molecular weight excluding hydrogens is 362 g/mol. The summed E-state index contributed by atoms with van der Waals surface area (Å²) in [5, 5.41) is 12.2. The standard InChI is InChI=1S/C15H20BrN5S/c16-13-2-1-12(22-13)10-20-6-3-11(4-7-20)15-19-18-14-9-17-5-8-21(14)15/h1-2,11,17H,3-10H2. The van der Waals surface area contributed by atoms with Crippen LogP contribution >= 0.6 is 27.3 Å². The highest BCUT2D eigenvalue weighted by atomic mass is 79.9. The molecule has 0 unspecified atom stereocenters. The molecule has 0 amide bonds. The van der Waals surface area contributed by atoms with Gasteiger partial charge in [-0.25, -0.2) is 0 Å². The molecule has 2 aliphatic rings. The minimum absolute atomic E-state index is 0.575. The molecule has 2 aromatic rings. The molecule has 1 N–H and O–H groups in total. The van der Waals surface area contributed by atoms with Crippen LogP contribution in [0.15, 0.2) is 15.9 Å². The van der Waals surface area contributed by atoms with Gasteiger partial charge in [0, 0.05) is 30.4 Å². The summed E-state index contributed by atoms with van der Waals surface area (Å²) in [6.07, 6.45) is 2.39. The highest BCUT2D eigenvalue weighted by molar-refractivity contribution is 9.11. The van der Waals surface area contributed by atoms with Gasteiger partial charge in [-0.05, 0) is 54.0 Å². The third kappa shape index (κ3) is 2.99. The molecule has 4 heterocycles. The smallest absolute Gasteiger partial charge is 0.147 e. The van der Waals surface area contributed by atoms with E-state index < -0.39 is 0 Å². The lowest BCUT2D eigenvalue weighted by molar-refractivity contribution is 0.201. The molecule has 0 spiro atoms. The van der Waals surface area contributed by atoms with Gasteiger partial charge in [0.25, 0.3) is 0 Å². The monoisotopic (exact) mass is 381 g/mol. The quantitative estimate of drug-likeness (QED) is 0.887. The van der Waals surface area contributed by atoms with Crippen molar-refractivity contribution in [2.45, 2.75) is 38.4 Å². The Morgan fingerprint density at radius 2 is 2.09 bits per heavy atom. The van der Waals surface area contributed by atoms with Gasteiger partial charge in [0.15, 0.2) is 0 Å². The van der Waals surface area contributed by atoms with E-state index in [0.717, 1.165) is 45.1 Å². The van der Waals surface area contributed by atoms with Crippen LogP contribution in [0.2, 0.25) is 0 Å². The Morgan fingerprint density at radius 1 is 1.23 bits per heavy atom. The summed E-state index contributed by atoms with van der Waals surface area (Å²) < 4.78 is 3.56. The van der Waals surface area contributed by atoms with Crippen molar-refractivity contribution in [2.75, 3.05) is 19.6 Å². The molecule has 2 aromatic heterocycles. The number of aromatic nitrogens is 3. The number of nitrogens with one attached hydrogen (secondary N) is 1. The van der Waals surface area contributed by atoms with Gasteiger partial charge in [-0.2, -0.15) is 0 Å². The van der Waals surface area contributed by atoms with E-state index in [9.17, 15) is 0 Å². The maximum Gasteiger partial charge on any atom is 0.147 e. The molecular formula is C15H20BrN5S. The molecule has 118 valence electrons. The van der Waals surface area contributed by atoms with Crippen molar-refractivity contribution < 1.29 is 0 Å². The first-order valence-corrected chi connectivity index (χ1v) is 9.50. The first-order chi connectivity index (χ1) is 10.8. The summed E-state index contributed by atoms with van der Waals surface area (Å²) in [4.78, 5) is 4.00. The Hall–Kier alpha value is -0.760. The number of likely N-dealkylation sites (tertiary alicyclic amines) is 1. The maximum atomic E-state index is 4.48. The second kappa shape index (κ2) is 6.39. The van der Waals surface area contributed by atoms with E-state index in [-0.39, 0.29) is 0 Å². The van der Waals surface area contributed by atoms with Crippen LogP contribution in [0.25, 0.3) is 0 Å². The lowest BCUT2D eigenvalue weighted by atomic mass is 9.95. The van der Waals surface area contributed by atoms with E-state index in [1.165, 1.54) is 27.3 Å². The Bertz CT molecular complexity index is 644. The number of fused-ring (bicyclic) bond motifs is 1.